The summed E-state index contributed by atoms with van der Waals surface area (Å²) in [5.41, 5.74) is 6.82. The number of hydrogen-bond donors (Lipinski definition) is 0. The smallest absolute Gasteiger partial charge is 0.432 e. The lowest BCUT2D eigenvalue weighted by Gasteiger charge is -2.19. The minimum atomic E-state index is -0.803. The van der Waals surface area contributed by atoms with Gasteiger partial charge in [-0.2, -0.15) is 0 Å². The lowest BCUT2D eigenvalue weighted by molar-refractivity contribution is 0.0199. The molecular formula is C34H46O7. The maximum absolute atomic E-state index is 11.8. The van der Waals surface area contributed by atoms with E-state index in [2.05, 4.69) is 90.1 Å². The third-order valence-electron chi connectivity index (χ3n) is 6.21. The van der Waals surface area contributed by atoms with Crippen molar-refractivity contribution in [3.63, 3.8) is 0 Å². The Kier molecular flexibility index (Phi) is 13.1. The first kappa shape index (κ1) is 33.6. The monoisotopic (exact) mass is 566 g/mol. The van der Waals surface area contributed by atoms with E-state index in [1.807, 2.05) is 13.8 Å². The summed E-state index contributed by atoms with van der Waals surface area (Å²) >= 11 is 0. The molecule has 0 bridgehead atoms. The summed E-state index contributed by atoms with van der Waals surface area (Å²) < 4.78 is 25.4. The Morgan fingerprint density at radius 2 is 0.927 bits per heavy atom. The molecule has 0 amide bonds. The standard InChI is InChI=1S/C34H46O7/c1-25(21-27-9-13-29(14-10-27)33(3,4)5)23-40-31(35)38-19-17-37-18-20-39-32(36)41-24-26(2)22-28-11-15-30(16-12-28)34(6,7)8/h9-16,23-24H,17-22H2,1-8H3/b25-23-,26-24+. The van der Waals surface area contributed by atoms with Crippen LogP contribution < -0.4 is 0 Å². The van der Waals surface area contributed by atoms with Crippen LogP contribution in [-0.2, 0) is 47.4 Å². The van der Waals surface area contributed by atoms with Gasteiger partial charge in [0, 0.05) is 0 Å². The number of rotatable bonds is 12. The number of carbonyl (C=O) groups excluding carboxylic acids is 2. The Labute approximate surface area is 245 Å². The highest BCUT2D eigenvalue weighted by Crippen LogP contribution is 2.24. The first-order valence-electron chi connectivity index (χ1n) is 14.0. The summed E-state index contributed by atoms with van der Waals surface area (Å²) in [4.78, 5) is 23.6. The summed E-state index contributed by atoms with van der Waals surface area (Å²) in [5, 5.41) is 0. The molecule has 0 fully saturated rings. The first-order chi connectivity index (χ1) is 19.2. The normalized spacial score (nSPS) is 12.6. The fourth-order valence-electron chi connectivity index (χ4n) is 3.81. The maximum Gasteiger partial charge on any atom is 0.513 e. The molecule has 0 N–H and O–H groups in total. The van der Waals surface area contributed by atoms with Gasteiger partial charge in [-0.15, -0.1) is 0 Å². The maximum atomic E-state index is 11.8. The number of ether oxygens (including phenoxy) is 5. The molecule has 2 aromatic carbocycles. The molecular weight excluding hydrogens is 520 g/mol. The predicted octanol–water partition coefficient (Wildman–Crippen LogP) is 8.20. The average Bonchev–Trinajstić information content (AvgIpc) is 2.90. The van der Waals surface area contributed by atoms with Gasteiger partial charge in [0.25, 0.3) is 0 Å². The molecule has 2 aromatic rings. The van der Waals surface area contributed by atoms with Gasteiger partial charge in [-0.3, -0.25) is 0 Å². The fraction of sp³-hybridized carbons (Fsp3) is 0.471. The van der Waals surface area contributed by atoms with E-state index in [0.717, 1.165) is 22.3 Å². The Bertz CT molecular complexity index is 1070. The highest BCUT2D eigenvalue weighted by Gasteiger charge is 2.14. The molecule has 7 heteroatoms. The molecule has 0 saturated carbocycles. The highest BCUT2D eigenvalue weighted by molar-refractivity contribution is 5.61. The van der Waals surface area contributed by atoms with Crippen molar-refractivity contribution in [1.29, 1.82) is 0 Å². The zero-order valence-electron chi connectivity index (χ0n) is 25.9. The van der Waals surface area contributed by atoms with E-state index in [0.29, 0.717) is 12.8 Å². The van der Waals surface area contributed by atoms with Crippen molar-refractivity contribution in [3.05, 3.63) is 94.5 Å². The van der Waals surface area contributed by atoms with Crippen molar-refractivity contribution in [2.24, 2.45) is 0 Å². The van der Waals surface area contributed by atoms with Gasteiger partial charge < -0.3 is 23.7 Å². The molecule has 0 aliphatic heterocycles. The van der Waals surface area contributed by atoms with Crippen LogP contribution in [0.5, 0.6) is 0 Å². The third kappa shape index (κ3) is 13.6. The van der Waals surface area contributed by atoms with Crippen LogP contribution in [0, 0.1) is 0 Å². The molecule has 0 heterocycles. The molecule has 0 saturated heterocycles. The van der Waals surface area contributed by atoms with E-state index < -0.39 is 12.3 Å². The summed E-state index contributed by atoms with van der Waals surface area (Å²) in [6.45, 7) is 17.2. The molecule has 0 unspecified atom stereocenters. The highest BCUT2D eigenvalue weighted by atomic mass is 16.7. The molecule has 7 nitrogen and oxygen atoms in total. The Balaban J connectivity index is 1.55. The first-order valence-corrected chi connectivity index (χ1v) is 14.0. The number of allylic oxidation sites excluding steroid dienone is 2. The molecule has 0 aliphatic rings. The van der Waals surface area contributed by atoms with Crippen molar-refractivity contribution in [2.75, 3.05) is 26.4 Å². The Morgan fingerprint density at radius 3 is 1.24 bits per heavy atom. The van der Waals surface area contributed by atoms with Crippen molar-refractivity contribution < 1.29 is 33.3 Å². The average molecular weight is 567 g/mol. The summed E-state index contributed by atoms with van der Waals surface area (Å²) in [5.74, 6) is 0. The molecule has 0 spiro atoms. The minimum Gasteiger partial charge on any atom is -0.432 e. The van der Waals surface area contributed by atoms with Gasteiger partial charge >= 0.3 is 12.3 Å². The van der Waals surface area contributed by atoms with Crippen LogP contribution in [-0.4, -0.2) is 38.7 Å². The van der Waals surface area contributed by atoms with Crippen LogP contribution in [0.1, 0.15) is 77.6 Å². The second kappa shape index (κ2) is 16.0. The number of carbonyl (C=O) groups is 2. The molecule has 0 aliphatic carbocycles. The van der Waals surface area contributed by atoms with Gasteiger partial charge in [-0.05, 0) is 70.9 Å². The largest absolute Gasteiger partial charge is 0.513 e. The van der Waals surface area contributed by atoms with Gasteiger partial charge in [0.15, 0.2) is 0 Å². The second-order valence-corrected chi connectivity index (χ2v) is 12.2. The van der Waals surface area contributed by atoms with E-state index in [9.17, 15) is 9.59 Å². The molecule has 0 atom stereocenters. The summed E-state index contributed by atoms with van der Waals surface area (Å²) in [6, 6.07) is 16.8. The van der Waals surface area contributed by atoms with Crippen LogP contribution in [0.2, 0.25) is 0 Å². The van der Waals surface area contributed by atoms with Crippen LogP contribution >= 0.6 is 0 Å². The van der Waals surface area contributed by atoms with Crippen molar-refractivity contribution in [3.8, 4) is 0 Å². The number of benzene rings is 2. The molecule has 0 radical (unpaired) electrons. The Morgan fingerprint density at radius 1 is 0.585 bits per heavy atom. The topological polar surface area (TPSA) is 80.3 Å². The van der Waals surface area contributed by atoms with Crippen molar-refractivity contribution >= 4 is 12.3 Å². The van der Waals surface area contributed by atoms with Gasteiger partial charge in [0.05, 0.1) is 25.7 Å². The van der Waals surface area contributed by atoms with E-state index in [1.165, 1.54) is 23.7 Å². The van der Waals surface area contributed by atoms with Gasteiger partial charge in [0.1, 0.15) is 13.2 Å². The van der Waals surface area contributed by atoms with E-state index >= 15 is 0 Å². The van der Waals surface area contributed by atoms with Crippen LogP contribution in [0.15, 0.2) is 72.2 Å². The molecule has 41 heavy (non-hydrogen) atoms. The van der Waals surface area contributed by atoms with Crippen molar-refractivity contribution in [2.45, 2.75) is 79.1 Å². The molecule has 2 rings (SSSR count). The summed E-state index contributed by atoms with van der Waals surface area (Å²) in [6.07, 6.45) is 2.54. The predicted molar refractivity (Wildman–Crippen MR) is 161 cm³/mol. The van der Waals surface area contributed by atoms with Crippen LogP contribution in [0.4, 0.5) is 9.59 Å². The molecule has 224 valence electrons. The third-order valence-corrected chi connectivity index (χ3v) is 6.21. The van der Waals surface area contributed by atoms with E-state index in [-0.39, 0.29) is 37.3 Å². The SMILES string of the molecule is C/C(=C/OC(=O)OCCOCCOC(=O)O/C=C(\C)Cc1ccc(C(C)(C)C)cc1)Cc1ccc(C(C)(C)C)cc1. The zero-order chi connectivity index (χ0) is 30.5. The van der Waals surface area contributed by atoms with Crippen LogP contribution in [0.25, 0.3) is 0 Å². The zero-order valence-corrected chi connectivity index (χ0v) is 25.9. The van der Waals surface area contributed by atoms with E-state index in [4.69, 9.17) is 23.7 Å². The Hall–Kier alpha value is -3.58. The summed E-state index contributed by atoms with van der Waals surface area (Å²) in [7, 11) is 0. The number of hydrogen-bond acceptors (Lipinski definition) is 7. The quantitative estimate of drug-likeness (QED) is 0.145. The van der Waals surface area contributed by atoms with E-state index in [1.54, 1.807) is 0 Å². The van der Waals surface area contributed by atoms with Gasteiger partial charge in [-0.25, -0.2) is 9.59 Å². The van der Waals surface area contributed by atoms with Gasteiger partial charge in [0.2, 0.25) is 0 Å². The van der Waals surface area contributed by atoms with Gasteiger partial charge in [-0.1, -0.05) is 90.1 Å². The minimum absolute atomic E-state index is 0.0170. The molecule has 0 aromatic heterocycles. The lowest BCUT2D eigenvalue weighted by atomic mass is 9.86. The second-order valence-electron chi connectivity index (χ2n) is 12.2. The lowest BCUT2D eigenvalue weighted by Crippen LogP contribution is -2.14. The van der Waals surface area contributed by atoms with Crippen molar-refractivity contribution in [1.82, 2.24) is 0 Å². The van der Waals surface area contributed by atoms with Crippen LogP contribution in [0.3, 0.4) is 0 Å². The fourth-order valence-corrected chi connectivity index (χ4v) is 3.81.